The second kappa shape index (κ2) is 26.3. The summed E-state index contributed by atoms with van der Waals surface area (Å²) in [6.07, 6.45) is -5.24. The molecule has 2 aliphatic rings. The van der Waals surface area contributed by atoms with Crippen molar-refractivity contribution in [1.29, 1.82) is 0 Å². The fraction of sp³-hybridized carbons (Fsp3) is 0.703. The number of hydrogen-bond acceptors (Lipinski definition) is 18. The fourth-order valence-electron chi connectivity index (χ4n) is 5.49. The number of halogens is 2. The smallest absolute Gasteiger partial charge is 0.414 e. The average Bonchev–Trinajstić information content (AvgIpc) is 3.12. The van der Waals surface area contributed by atoms with E-state index in [0.29, 0.717) is 0 Å². The van der Waals surface area contributed by atoms with Crippen molar-refractivity contribution in [2.24, 2.45) is 22.6 Å². The van der Waals surface area contributed by atoms with Crippen molar-refractivity contribution in [3.63, 3.8) is 0 Å². The molecular weight excluding hydrogens is 841 g/mol. The summed E-state index contributed by atoms with van der Waals surface area (Å²) in [6, 6.07) is -1.34. The van der Waals surface area contributed by atoms with Crippen LogP contribution in [-0.2, 0) is 42.7 Å². The molecule has 0 spiro atoms. The number of carboxylic acid groups (broad SMARTS) is 1. The number of carboxylic acids is 1. The zero-order chi connectivity index (χ0) is 46.7. The predicted molar refractivity (Wildman–Crippen MR) is 218 cm³/mol. The minimum absolute atomic E-state index is 0.185. The van der Waals surface area contributed by atoms with Gasteiger partial charge in [-0.3, -0.25) is 10.6 Å². The van der Waals surface area contributed by atoms with Gasteiger partial charge in [0, 0.05) is 26.1 Å². The molecule has 0 fully saturated rings. The van der Waals surface area contributed by atoms with Gasteiger partial charge in [0.25, 0.3) is 0 Å². The summed E-state index contributed by atoms with van der Waals surface area (Å²) in [5, 5.41) is 55.4. The monoisotopic (exact) mass is 903 g/mol. The number of ether oxygens (including phenoxy) is 7. The Kier molecular flexibility index (Phi) is 24.5. The summed E-state index contributed by atoms with van der Waals surface area (Å²) in [7, 11) is 3.82. The predicted octanol–water partition coefficient (Wildman–Crippen LogP) is 1.39. The van der Waals surface area contributed by atoms with E-state index >= 15 is 0 Å². The van der Waals surface area contributed by atoms with Crippen LogP contribution in [0.5, 0.6) is 0 Å². The number of aliphatic carboxylic acids is 1. The first-order valence-electron chi connectivity index (χ1n) is 18.4. The molecule has 21 nitrogen and oxygen atoms in total. The second-order valence-electron chi connectivity index (χ2n) is 15.2. The van der Waals surface area contributed by atoms with Crippen LogP contribution in [-0.4, -0.2) is 155 Å². The summed E-state index contributed by atoms with van der Waals surface area (Å²) in [4.78, 5) is 52.7. The quantitative estimate of drug-likeness (QED) is 0.0415. The standard InChI is InChI=1S/C23H39N3O10.C13H22N2O6.CH2Cl2/c1-12-13(10-15(18(29)33-9)34-16(12)17(32-8)14(28)11-27)24-19(25-20(30)35-22(2,3)4)26-21(31)36-23(5,6)7;1-6-8(15-7(2)14)4-10(13(18)19)21-11(6)12(20-3)9(17)5-16;2-1-3/h10,12-14,16-17,27-28H,11H2,1-9H3,(H2,24,25,26,30,31);4,6,8-9,11-12,15-17H,2,5,14H2,1,3H3,(H,18,19);1H2/t12-,13+,14-,16-,17-;6-,8+,9-,11-,12-;/m11./s1. The van der Waals surface area contributed by atoms with Crippen LogP contribution in [0.2, 0.25) is 0 Å². The molecule has 23 heteroatoms. The van der Waals surface area contributed by atoms with Crippen LogP contribution in [0.3, 0.4) is 0 Å². The van der Waals surface area contributed by atoms with Gasteiger partial charge in [-0.2, -0.15) is 0 Å². The van der Waals surface area contributed by atoms with Gasteiger partial charge >= 0.3 is 24.1 Å². The Labute approximate surface area is 360 Å². The van der Waals surface area contributed by atoms with Gasteiger partial charge in [-0.1, -0.05) is 20.4 Å². The molecular formula is C37H63Cl2N5O16. The van der Waals surface area contributed by atoms with E-state index in [1.165, 1.54) is 26.4 Å². The maximum atomic E-state index is 12.4. The number of aliphatic hydroxyl groups excluding tert-OH is 4. The molecule has 0 saturated heterocycles. The minimum Gasteiger partial charge on any atom is -0.480 e. The van der Waals surface area contributed by atoms with Crippen LogP contribution in [0.4, 0.5) is 9.59 Å². The SMILES string of the molecule is C=C(N)N[C@H]1C=C(C(=O)O)O[C@@H]([C@H](OC)[C@H](O)CO)[C@@H]1C.COC(=O)C1=C[C@H](N=C(NC(=O)OC(C)(C)C)NC(=O)OC(C)(C)C)[C@@H](C)[C@H]([C@H](OC)[C@H](O)CO)O1.ClCCl. The number of methoxy groups -OCH3 is 3. The number of nitrogens with zero attached hydrogens (tertiary/aromatic N) is 1. The highest BCUT2D eigenvalue weighted by molar-refractivity contribution is 6.40. The van der Waals surface area contributed by atoms with Crippen molar-refractivity contribution in [3.8, 4) is 0 Å². The van der Waals surface area contributed by atoms with E-state index in [9.17, 15) is 34.5 Å². The number of amides is 2. The summed E-state index contributed by atoms with van der Waals surface area (Å²) in [5.41, 5.74) is 3.84. The molecule has 0 aromatic carbocycles. The molecule has 10 N–H and O–H groups in total. The van der Waals surface area contributed by atoms with Crippen molar-refractivity contribution >= 4 is 53.3 Å². The molecule has 0 radical (unpaired) electrons. The maximum absolute atomic E-state index is 12.4. The highest BCUT2D eigenvalue weighted by Gasteiger charge is 2.43. The molecule has 2 heterocycles. The van der Waals surface area contributed by atoms with Gasteiger partial charge in [0.2, 0.25) is 17.5 Å². The second-order valence-corrected chi connectivity index (χ2v) is 16.0. The number of hydrogen-bond donors (Lipinski definition) is 9. The number of guanidine groups is 1. The molecule has 0 aliphatic carbocycles. The van der Waals surface area contributed by atoms with Crippen LogP contribution in [0.1, 0.15) is 55.4 Å². The molecule has 0 aromatic rings. The summed E-state index contributed by atoms with van der Waals surface area (Å²) in [6.45, 7) is 15.8. The third kappa shape index (κ3) is 19.5. The van der Waals surface area contributed by atoms with Gasteiger partial charge in [-0.25, -0.2) is 24.2 Å². The van der Waals surface area contributed by atoms with Crippen LogP contribution >= 0.6 is 23.2 Å². The molecule has 346 valence electrons. The van der Waals surface area contributed by atoms with Gasteiger partial charge < -0.3 is 69.7 Å². The molecule has 2 amide bonds. The van der Waals surface area contributed by atoms with Crippen LogP contribution in [0.15, 0.2) is 41.1 Å². The van der Waals surface area contributed by atoms with E-state index in [-0.39, 0.29) is 34.6 Å². The van der Waals surface area contributed by atoms with Crippen molar-refractivity contribution in [2.45, 2.75) is 115 Å². The van der Waals surface area contributed by atoms with Crippen molar-refractivity contribution in [1.82, 2.24) is 16.0 Å². The largest absolute Gasteiger partial charge is 0.480 e. The highest BCUT2D eigenvalue weighted by atomic mass is 35.5. The third-order valence-electron chi connectivity index (χ3n) is 8.11. The number of esters is 1. The lowest BCUT2D eigenvalue weighted by molar-refractivity contribution is -0.153. The fourth-order valence-corrected chi connectivity index (χ4v) is 5.49. The van der Waals surface area contributed by atoms with E-state index in [4.69, 9.17) is 72.3 Å². The Morgan fingerprint density at radius 2 is 1.25 bits per heavy atom. The maximum Gasteiger partial charge on any atom is 0.414 e. The summed E-state index contributed by atoms with van der Waals surface area (Å²) < 4.78 is 36.9. The number of nitrogens with one attached hydrogen (secondary N) is 3. The molecule has 0 saturated carbocycles. The summed E-state index contributed by atoms with van der Waals surface area (Å²) >= 11 is 9.53. The Bertz CT molecular complexity index is 1470. The van der Waals surface area contributed by atoms with E-state index in [1.54, 1.807) is 55.4 Å². The normalized spacial score (nSPS) is 23.1. The Morgan fingerprint density at radius 3 is 1.60 bits per heavy atom. The molecule has 2 aliphatic heterocycles. The van der Waals surface area contributed by atoms with E-state index in [2.05, 4.69) is 27.5 Å². The van der Waals surface area contributed by atoms with Gasteiger partial charge in [-0.05, 0) is 53.7 Å². The molecule has 0 unspecified atom stereocenters. The molecule has 0 bridgehead atoms. The highest BCUT2D eigenvalue weighted by Crippen LogP contribution is 2.31. The number of aliphatic imine (C=N–C) groups is 1. The Balaban J connectivity index is 0.00000122. The van der Waals surface area contributed by atoms with Crippen molar-refractivity contribution in [2.75, 3.05) is 39.9 Å². The number of carbonyl (C=O) groups excluding carboxylic acids is 3. The number of carbonyl (C=O) groups is 4. The molecule has 60 heavy (non-hydrogen) atoms. The number of nitrogens with two attached hydrogens (primary N) is 1. The average molecular weight is 905 g/mol. The first-order valence-corrected chi connectivity index (χ1v) is 19.4. The first kappa shape index (κ1) is 55.9. The zero-order valence-electron chi connectivity index (χ0n) is 35.8. The lowest BCUT2D eigenvalue weighted by atomic mass is 9.87. The number of rotatable bonds is 13. The van der Waals surface area contributed by atoms with E-state index in [0.717, 1.165) is 7.11 Å². The lowest BCUT2D eigenvalue weighted by Gasteiger charge is -2.39. The first-order chi connectivity index (χ1) is 27.7. The third-order valence-corrected chi connectivity index (χ3v) is 8.11. The summed E-state index contributed by atoms with van der Waals surface area (Å²) in [5.74, 6) is -3.55. The lowest BCUT2D eigenvalue weighted by Crippen LogP contribution is -2.53. The molecule has 2 rings (SSSR count). The van der Waals surface area contributed by atoms with Gasteiger partial charge in [0.1, 0.15) is 47.8 Å². The minimum atomic E-state index is -1.33. The van der Waals surface area contributed by atoms with Crippen molar-refractivity contribution in [3.05, 3.63) is 36.1 Å². The Morgan fingerprint density at radius 1 is 0.833 bits per heavy atom. The zero-order valence-corrected chi connectivity index (χ0v) is 37.3. The molecule has 10 atom stereocenters. The number of aliphatic hydroxyl groups is 4. The van der Waals surface area contributed by atoms with Crippen LogP contribution in [0.25, 0.3) is 0 Å². The van der Waals surface area contributed by atoms with E-state index < -0.39 is 103 Å². The topological polar surface area (TPSA) is 309 Å². The number of alkyl halides is 2. The Hall–Kier alpha value is -4.09. The van der Waals surface area contributed by atoms with E-state index in [1.807, 2.05) is 0 Å². The van der Waals surface area contributed by atoms with Crippen molar-refractivity contribution < 1.29 is 77.9 Å². The number of alkyl carbamates (subject to hydrolysis) is 2. The van der Waals surface area contributed by atoms with Crippen LogP contribution < -0.4 is 21.7 Å². The van der Waals surface area contributed by atoms with Gasteiger partial charge in [0.15, 0.2) is 0 Å². The van der Waals surface area contributed by atoms with Gasteiger partial charge in [-0.15, -0.1) is 23.2 Å². The van der Waals surface area contributed by atoms with Gasteiger partial charge in [0.05, 0.1) is 43.6 Å². The van der Waals surface area contributed by atoms with Crippen LogP contribution in [0, 0.1) is 11.8 Å². The molecule has 0 aromatic heterocycles.